The van der Waals surface area contributed by atoms with Crippen molar-refractivity contribution in [2.45, 2.75) is 26.2 Å². The predicted octanol–water partition coefficient (Wildman–Crippen LogP) is 5.10. The zero-order valence-electron chi connectivity index (χ0n) is 8.94. The van der Waals surface area contributed by atoms with E-state index >= 15 is 0 Å². The van der Waals surface area contributed by atoms with Gasteiger partial charge in [0.15, 0.2) is 0 Å². The van der Waals surface area contributed by atoms with Crippen LogP contribution in [0, 0.1) is 0 Å². The molecule has 0 saturated carbocycles. The van der Waals surface area contributed by atoms with E-state index in [0.29, 0.717) is 5.92 Å². The first-order valence-corrected chi connectivity index (χ1v) is 8.27. The molecule has 0 fully saturated rings. The molecule has 1 aromatic rings. The third-order valence-corrected chi connectivity index (χ3v) is 3.06. The lowest BCUT2D eigenvalue weighted by atomic mass is 10.0. The minimum Gasteiger partial charge on any atom is -0.420 e. The van der Waals surface area contributed by atoms with Crippen molar-refractivity contribution in [3.63, 3.8) is 0 Å². The van der Waals surface area contributed by atoms with Crippen molar-refractivity contribution in [2.75, 3.05) is 0 Å². The molecular formula is C12H15IOS. The molecule has 1 aromatic carbocycles. The molecule has 0 N–H and O–H groups in total. The van der Waals surface area contributed by atoms with Crippen LogP contribution < -0.4 is 0 Å². The Labute approximate surface area is 108 Å². The minimum atomic E-state index is 0.407. The zero-order valence-corrected chi connectivity index (χ0v) is 11.9. The summed E-state index contributed by atoms with van der Waals surface area (Å²) in [7, 11) is 1.37. The molecular weight excluding hydrogens is 319 g/mol. The molecule has 0 radical (unpaired) electrons. The number of rotatable bonds is 5. The summed E-state index contributed by atoms with van der Waals surface area (Å²) in [6.45, 7) is 4.29. The van der Waals surface area contributed by atoms with E-state index in [1.54, 1.807) is 0 Å². The summed E-state index contributed by atoms with van der Waals surface area (Å²) in [5.74, 6) is 1.45. The minimum absolute atomic E-state index is 0.407. The van der Waals surface area contributed by atoms with Crippen molar-refractivity contribution in [3.8, 4) is 0 Å². The fraction of sp³-hybridized carbons (Fsp3) is 0.333. The Balaban J connectivity index is 2.72. The maximum Gasteiger partial charge on any atom is 0.127 e. The van der Waals surface area contributed by atoms with Gasteiger partial charge in [0, 0.05) is 33.5 Å². The van der Waals surface area contributed by atoms with Crippen molar-refractivity contribution in [3.05, 3.63) is 47.7 Å². The van der Waals surface area contributed by atoms with E-state index in [1.807, 2.05) is 6.07 Å². The molecule has 1 nitrogen and oxygen atoms in total. The quantitative estimate of drug-likeness (QED) is 0.421. The van der Waals surface area contributed by atoms with Gasteiger partial charge in [-0.15, -0.1) is 0 Å². The summed E-state index contributed by atoms with van der Waals surface area (Å²) in [5, 5.41) is 0. The van der Waals surface area contributed by atoms with Gasteiger partial charge in [-0.05, 0) is 11.6 Å². The topological polar surface area (TPSA) is 9.23 Å². The molecule has 0 aliphatic rings. The Bertz CT molecular complexity index is 311. The lowest BCUT2D eigenvalue weighted by molar-refractivity contribution is 0.479. The van der Waals surface area contributed by atoms with E-state index in [0.717, 1.165) is 12.2 Å². The van der Waals surface area contributed by atoms with E-state index in [1.165, 1.54) is 14.8 Å². The van der Waals surface area contributed by atoms with Crippen LogP contribution in [0.15, 0.2) is 42.2 Å². The normalized spacial score (nSPS) is 13.7. The first-order valence-electron chi connectivity index (χ1n) is 4.98. The van der Waals surface area contributed by atoms with Gasteiger partial charge >= 0.3 is 0 Å². The fourth-order valence-corrected chi connectivity index (χ4v) is 2.32. The van der Waals surface area contributed by atoms with Crippen LogP contribution in [0.4, 0.5) is 0 Å². The number of hydrogen-bond acceptors (Lipinski definition) is 2. The summed E-state index contributed by atoms with van der Waals surface area (Å²) in [6.07, 6.45) is 3.12. The summed E-state index contributed by atoms with van der Waals surface area (Å²) in [6, 6.07) is 10.5. The van der Waals surface area contributed by atoms with Crippen molar-refractivity contribution < 1.29 is 4.18 Å². The highest BCUT2D eigenvalue weighted by Gasteiger charge is 2.04. The lowest BCUT2D eigenvalue weighted by Crippen LogP contribution is -1.91. The third kappa shape index (κ3) is 4.47. The van der Waals surface area contributed by atoms with Crippen molar-refractivity contribution >= 4 is 30.4 Å². The van der Waals surface area contributed by atoms with Crippen molar-refractivity contribution in [2.24, 2.45) is 0 Å². The summed E-state index contributed by atoms with van der Waals surface area (Å²) in [5.41, 5.74) is 1.32. The molecule has 1 atom stereocenters. The molecule has 0 saturated heterocycles. The highest BCUT2D eigenvalue weighted by Crippen LogP contribution is 2.24. The Hall–Kier alpha value is -0.160. The van der Waals surface area contributed by atoms with Gasteiger partial charge in [-0.1, -0.05) is 44.2 Å². The highest BCUT2D eigenvalue weighted by atomic mass is 127. The molecule has 3 heteroatoms. The first kappa shape index (κ1) is 12.9. The molecule has 0 aliphatic carbocycles. The van der Waals surface area contributed by atoms with E-state index in [4.69, 9.17) is 4.18 Å². The van der Waals surface area contributed by atoms with Crippen LogP contribution in [0.1, 0.15) is 31.7 Å². The highest BCUT2D eigenvalue weighted by molar-refractivity contribution is 14.2. The smallest absolute Gasteiger partial charge is 0.127 e. The van der Waals surface area contributed by atoms with Crippen molar-refractivity contribution in [1.82, 2.24) is 0 Å². The largest absolute Gasteiger partial charge is 0.420 e. The van der Waals surface area contributed by atoms with Gasteiger partial charge in [0.1, 0.15) is 15.0 Å². The third-order valence-electron chi connectivity index (χ3n) is 2.25. The van der Waals surface area contributed by atoms with Crippen LogP contribution in [0.3, 0.4) is 0 Å². The maximum atomic E-state index is 5.45. The van der Waals surface area contributed by atoms with Gasteiger partial charge in [0.25, 0.3) is 0 Å². The second kappa shape index (κ2) is 7.17. The van der Waals surface area contributed by atoms with Crippen LogP contribution in [0.2, 0.25) is 0 Å². The van der Waals surface area contributed by atoms with Crippen LogP contribution in [0.25, 0.3) is 0 Å². The molecule has 0 heterocycles. The number of hydrogen-bond donors (Lipinski definition) is 0. The average Bonchev–Trinajstić information content (AvgIpc) is 2.29. The molecule has 1 unspecified atom stereocenters. The summed E-state index contributed by atoms with van der Waals surface area (Å²) in [4.78, 5) is 0. The number of halogens is 1. The van der Waals surface area contributed by atoms with Crippen LogP contribution in [-0.4, -0.2) is 0 Å². The van der Waals surface area contributed by atoms with E-state index < -0.39 is 0 Å². The van der Waals surface area contributed by atoms with Crippen molar-refractivity contribution in [1.29, 1.82) is 0 Å². The maximum absolute atomic E-state index is 5.45. The standard InChI is InChI=1S/C12H15IOS/c1-3-12(14-15-13)9-10(2)11-7-5-4-6-8-11/h4-10H,3H2,1-2H3/b12-9+. The summed E-state index contributed by atoms with van der Waals surface area (Å²) >= 11 is 2.14. The van der Waals surface area contributed by atoms with Gasteiger partial charge in [-0.2, -0.15) is 0 Å². The second-order valence-electron chi connectivity index (χ2n) is 3.33. The fourth-order valence-electron chi connectivity index (χ4n) is 1.38. The van der Waals surface area contributed by atoms with E-state index in [2.05, 4.69) is 65.4 Å². The molecule has 15 heavy (non-hydrogen) atoms. The van der Waals surface area contributed by atoms with E-state index in [9.17, 15) is 0 Å². The van der Waals surface area contributed by atoms with Gasteiger partial charge in [0.05, 0.1) is 0 Å². The predicted molar refractivity (Wildman–Crippen MR) is 75.9 cm³/mol. The SMILES string of the molecule is CC/C(=C\C(C)c1ccccc1)OSI. The molecule has 1 rings (SSSR count). The van der Waals surface area contributed by atoms with Crippen LogP contribution in [-0.2, 0) is 4.18 Å². The monoisotopic (exact) mass is 334 g/mol. The van der Waals surface area contributed by atoms with E-state index in [-0.39, 0.29) is 0 Å². The Morgan fingerprint density at radius 2 is 2.13 bits per heavy atom. The van der Waals surface area contributed by atoms with Crippen LogP contribution >= 0.6 is 30.4 Å². The molecule has 0 bridgehead atoms. The zero-order chi connectivity index (χ0) is 11.1. The Morgan fingerprint density at radius 3 is 2.67 bits per heavy atom. The van der Waals surface area contributed by atoms with Gasteiger partial charge in [-0.3, -0.25) is 0 Å². The Morgan fingerprint density at radius 1 is 1.47 bits per heavy atom. The molecule has 0 spiro atoms. The van der Waals surface area contributed by atoms with Crippen LogP contribution in [0.5, 0.6) is 0 Å². The molecule has 0 amide bonds. The van der Waals surface area contributed by atoms with Gasteiger partial charge < -0.3 is 4.18 Å². The lowest BCUT2D eigenvalue weighted by Gasteiger charge is -2.09. The van der Waals surface area contributed by atoms with Gasteiger partial charge in [-0.25, -0.2) is 0 Å². The molecule has 0 aliphatic heterocycles. The second-order valence-corrected chi connectivity index (χ2v) is 4.70. The van der Waals surface area contributed by atoms with Gasteiger partial charge in [0.2, 0.25) is 0 Å². The average molecular weight is 334 g/mol. The molecule has 0 aromatic heterocycles. The summed E-state index contributed by atoms with van der Waals surface area (Å²) < 4.78 is 5.45. The first-order chi connectivity index (χ1) is 7.27. The number of allylic oxidation sites excluding steroid dienone is 2. The Kier molecular flexibility index (Phi) is 6.17. The number of benzene rings is 1. The molecule has 82 valence electrons.